The smallest absolute Gasteiger partial charge is 0.308 e. The summed E-state index contributed by atoms with van der Waals surface area (Å²) in [7, 11) is 0. The molecule has 0 spiro atoms. The van der Waals surface area contributed by atoms with Gasteiger partial charge in [-0.05, 0) is 43.9 Å². The quantitative estimate of drug-likeness (QED) is 0.774. The molecule has 2 rings (SSSR count). The van der Waals surface area contributed by atoms with Crippen LogP contribution in [0.25, 0.3) is 0 Å². The van der Waals surface area contributed by atoms with Gasteiger partial charge in [0.1, 0.15) is 0 Å². The second-order valence-corrected chi connectivity index (χ2v) is 5.80. The van der Waals surface area contributed by atoms with Crippen LogP contribution in [0, 0.1) is 17.8 Å². The van der Waals surface area contributed by atoms with E-state index in [4.69, 9.17) is 5.11 Å². The van der Waals surface area contributed by atoms with Gasteiger partial charge in [-0.2, -0.15) is 0 Å². The summed E-state index contributed by atoms with van der Waals surface area (Å²) >= 11 is 0. The van der Waals surface area contributed by atoms with Gasteiger partial charge in [-0.25, -0.2) is 0 Å². The molecule has 0 aromatic rings. The first-order valence-electron chi connectivity index (χ1n) is 6.56. The van der Waals surface area contributed by atoms with E-state index < -0.39 is 5.97 Å². The molecule has 0 bridgehead atoms. The number of carboxylic acids is 1. The lowest BCUT2D eigenvalue weighted by molar-refractivity contribution is -0.146. The Hall–Kier alpha value is -0.570. The predicted octanol–water partition coefficient (Wildman–Crippen LogP) is 2.26. The number of nitrogens with one attached hydrogen (secondary N) is 1. The highest BCUT2D eigenvalue weighted by molar-refractivity contribution is 5.72. The first kappa shape index (κ1) is 11.9. The molecule has 2 aliphatic carbocycles. The van der Waals surface area contributed by atoms with Crippen LogP contribution in [0.4, 0.5) is 0 Å². The topological polar surface area (TPSA) is 49.3 Å². The first-order valence-corrected chi connectivity index (χ1v) is 6.56. The summed E-state index contributed by atoms with van der Waals surface area (Å²) in [4.78, 5) is 10.9. The van der Waals surface area contributed by atoms with Crippen LogP contribution in [-0.4, -0.2) is 23.2 Å². The predicted molar refractivity (Wildman–Crippen MR) is 63.3 cm³/mol. The lowest BCUT2D eigenvalue weighted by atomic mass is 9.75. The summed E-state index contributed by atoms with van der Waals surface area (Å²) in [6, 6.07) is 0.779. The van der Waals surface area contributed by atoms with E-state index in [1.807, 2.05) is 0 Å². The Kier molecular flexibility index (Phi) is 3.53. The van der Waals surface area contributed by atoms with Crippen LogP contribution in [0.2, 0.25) is 0 Å². The molecule has 0 radical (unpaired) electrons. The molecule has 16 heavy (non-hydrogen) atoms. The molecule has 0 heterocycles. The summed E-state index contributed by atoms with van der Waals surface area (Å²) in [5, 5.41) is 12.6. The Bertz CT molecular complexity index is 267. The zero-order chi connectivity index (χ0) is 11.7. The van der Waals surface area contributed by atoms with E-state index in [9.17, 15) is 4.79 Å². The fraction of sp³-hybridized carbons (Fsp3) is 0.923. The lowest BCUT2D eigenvalue weighted by Crippen LogP contribution is -2.53. The van der Waals surface area contributed by atoms with Crippen molar-refractivity contribution in [2.75, 3.05) is 0 Å². The molecule has 0 aliphatic heterocycles. The van der Waals surface area contributed by atoms with Crippen LogP contribution in [0.3, 0.4) is 0 Å². The van der Waals surface area contributed by atoms with Gasteiger partial charge in [-0.1, -0.05) is 13.8 Å². The molecule has 3 nitrogen and oxygen atoms in total. The largest absolute Gasteiger partial charge is 0.481 e. The van der Waals surface area contributed by atoms with Crippen LogP contribution < -0.4 is 5.32 Å². The third kappa shape index (κ3) is 2.40. The van der Waals surface area contributed by atoms with E-state index in [0.717, 1.165) is 18.8 Å². The highest BCUT2D eigenvalue weighted by atomic mass is 16.4. The Morgan fingerprint density at radius 1 is 1.12 bits per heavy atom. The van der Waals surface area contributed by atoms with Crippen LogP contribution in [0.15, 0.2) is 0 Å². The summed E-state index contributed by atoms with van der Waals surface area (Å²) < 4.78 is 0. The van der Waals surface area contributed by atoms with E-state index in [2.05, 4.69) is 19.2 Å². The van der Waals surface area contributed by atoms with Crippen molar-refractivity contribution in [2.24, 2.45) is 17.8 Å². The molecule has 5 unspecified atom stereocenters. The highest BCUT2D eigenvalue weighted by Gasteiger charge is 2.38. The molecule has 0 aromatic carbocycles. The average molecular weight is 225 g/mol. The van der Waals surface area contributed by atoms with E-state index in [-0.39, 0.29) is 12.0 Å². The Morgan fingerprint density at radius 2 is 1.81 bits per heavy atom. The molecule has 3 heteroatoms. The van der Waals surface area contributed by atoms with Crippen molar-refractivity contribution in [3.05, 3.63) is 0 Å². The molecule has 2 N–H and O–H groups in total. The fourth-order valence-electron chi connectivity index (χ4n) is 3.18. The summed E-state index contributed by atoms with van der Waals surface area (Å²) in [6.07, 6.45) is 5.67. The minimum Gasteiger partial charge on any atom is -0.481 e. The van der Waals surface area contributed by atoms with E-state index in [1.165, 1.54) is 19.3 Å². The molecular weight excluding hydrogens is 202 g/mol. The van der Waals surface area contributed by atoms with Crippen LogP contribution >= 0.6 is 0 Å². The fourth-order valence-corrected chi connectivity index (χ4v) is 3.18. The third-order valence-electron chi connectivity index (χ3n) is 4.45. The van der Waals surface area contributed by atoms with Gasteiger partial charge in [0, 0.05) is 12.1 Å². The van der Waals surface area contributed by atoms with Crippen LogP contribution in [-0.2, 0) is 4.79 Å². The van der Waals surface area contributed by atoms with Crippen LogP contribution in [0.5, 0.6) is 0 Å². The molecule has 0 amide bonds. The van der Waals surface area contributed by atoms with Gasteiger partial charge >= 0.3 is 5.97 Å². The third-order valence-corrected chi connectivity index (χ3v) is 4.45. The normalized spacial score (nSPS) is 43.8. The van der Waals surface area contributed by atoms with Crippen molar-refractivity contribution in [1.29, 1.82) is 0 Å². The second-order valence-electron chi connectivity index (χ2n) is 5.80. The van der Waals surface area contributed by atoms with Gasteiger partial charge in [0.2, 0.25) is 0 Å². The number of aliphatic carboxylic acids is 1. The molecule has 2 saturated carbocycles. The lowest BCUT2D eigenvalue weighted by Gasteiger charge is -2.41. The average Bonchev–Trinajstić information content (AvgIpc) is 2.13. The summed E-state index contributed by atoms with van der Waals surface area (Å²) in [6.45, 7) is 4.61. The van der Waals surface area contributed by atoms with E-state index in [1.54, 1.807) is 0 Å². The van der Waals surface area contributed by atoms with E-state index >= 15 is 0 Å². The van der Waals surface area contributed by atoms with Crippen molar-refractivity contribution in [2.45, 2.75) is 58.0 Å². The van der Waals surface area contributed by atoms with Crippen molar-refractivity contribution in [3.8, 4) is 0 Å². The zero-order valence-electron chi connectivity index (χ0n) is 10.3. The van der Waals surface area contributed by atoms with Crippen LogP contribution in [0.1, 0.15) is 46.0 Å². The van der Waals surface area contributed by atoms with Gasteiger partial charge in [-0.3, -0.25) is 4.79 Å². The molecule has 2 aliphatic rings. The SMILES string of the molecule is CC1CCC(NC2CCC2C(=O)O)C(C)C1. The summed E-state index contributed by atoms with van der Waals surface area (Å²) in [5.41, 5.74) is 0. The van der Waals surface area contributed by atoms with Crippen molar-refractivity contribution in [3.63, 3.8) is 0 Å². The van der Waals surface area contributed by atoms with E-state index in [0.29, 0.717) is 12.0 Å². The highest BCUT2D eigenvalue weighted by Crippen LogP contribution is 2.33. The number of hydrogen-bond acceptors (Lipinski definition) is 2. The van der Waals surface area contributed by atoms with Gasteiger partial charge in [0.05, 0.1) is 5.92 Å². The monoisotopic (exact) mass is 225 g/mol. The van der Waals surface area contributed by atoms with Crippen molar-refractivity contribution in [1.82, 2.24) is 5.32 Å². The molecular formula is C13H23NO2. The molecule has 5 atom stereocenters. The molecule has 0 aromatic heterocycles. The van der Waals surface area contributed by atoms with Crippen molar-refractivity contribution >= 4 is 5.97 Å². The zero-order valence-corrected chi connectivity index (χ0v) is 10.3. The molecule has 2 fully saturated rings. The molecule has 0 saturated heterocycles. The van der Waals surface area contributed by atoms with Gasteiger partial charge in [0.25, 0.3) is 0 Å². The second kappa shape index (κ2) is 4.74. The van der Waals surface area contributed by atoms with Gasteiger partial charge < -0.3 is 10.4 Å². The number of rotatable bonds is 3. The maximum absolute atomic E-state index is 10.9. The maximum atomic E-state index is 10.9. The van der Waals surface area contributed by atoms with Gasteiger partial charge in [0.15, 0.2) is 0 Å². The first-order chi connectivity index (χ1) is 7.58. The Balaban J connectivity index is 1.83. The number of hydrogen-bond donors (Lipinski definition) is 2. The summed E-state index contributed by atoms with van der Waals surface area (Å²) in [5.74, 6) is 0.774. The minimum atomic E-state index is -0.624. The number of carboxylic acid groups (broad SMARTS) is 1. The standard InChI is InChI=1S/C13H23NO2/c1-8-3-5-11(9(2)7-8)14-12-6-4-10(12)13(15)16/h8-12,14H,3-7H2,1-2H3,(H,15,16). The molecule has 92 valence electrons. The Morgan fingerprint density at radius 3 is 2.31 bits per heavy atom. The Labute approximate surface area is 97.6 Å². The van der Waals surface area contributed by atoms with Crippen molar-refractivity contribution < 1.29 is 9.90 Å². The maximum Gasteiger partial charge on any atom is 0.308 e. The minimum absolute atomic E-state index is 0.133. The number of carbonyl (C=O) groups is 1. The van der Waals surface area contributed by atoms with Gasteiger partial charge in [-0.15, -0.1) is 0 Å².